The summed E-state index contributed by atoms with van der Waals surface area (Å²) in [5.41, 5.74) is 8.32. The Labute approximate surface area is 124 Å². The molecule has 2 heterocycles. The van der Waals surface area contributed by atoms with Crippen molar-refractivity contribution in [3.8, 4) is 0 Å². The van der Waals surface area contributed by atoms with Gasteiger partial charge in [-0.15, -0.1) is 0 Å². The molecule has 0 spiro atoms. The standard InChI is InChI=1S/C17H20N2O2/c18-16(10-15-8-4-5-9-19-15)14-11-20-17(21-12-14)13-6-2-1-3-7-13/h1-9,14,16-17H,10-12,18H2/t14?,16-,17?/m1/s1. The Balaban J connectivity index is 1.53. The predicted molar refractivity (Wildman–Crippen MR) is 80.5 cm³/mol. The summed E-state index contributed by atoms with van der Waals surface area (Å²) in [6.07, 6.45) is 2.26. The van der Waals surface area contributed by atoms with Gasteiger partial charge in [-0.2, -0.15) is 0 Å². The largest absolute Gasteiger partial charge is 0.348 e. The average molecular weight is 284 g/mol. The number of hydrogen-bond acceptors (Lipinski definition) is 4. The van der Waals surface area contributed by atoms with Crippen LogP contribution in [0.1, 0.15) is 17.5 Å². The first-order chi connectivity index (χ1) is 10.3. The van der Waals surface area contributed by atoms with E-state index in [2.05, 4.69) is 4.98 Å². The van der Waals surface area contributed by atoms with Gasteiger partial charge in [-0.1, -0.05) is 36.4 Å². The average Bonchev–Trinajstić information content (AvgIpc) is 2.57. The van der Waals surface area contributed by atoms with Crippen molar-refractivity contribution in [1.82, 2.24) is 4.98 Å². The lowest BCUT2D eigenvalue weighted by Gasteiger charge is -2.32. The van der Waals surface area contributed by atoms with E-state index < -0.39 is 0 Å². The Morgan fingerprint density at radius 3 is 2.43 bits per heavy atom. The molecule has 0 saturated carbocycles. The number of rotatable bonds is 4. The summed E-state index contributed by atoms with van der Waals surface area (Å²) in [5.74, 6) is 0.201. The number of nitrogens with zero attached hydrogens (tertiary/aromatic N) is 1. The van der Waals surface area contributed by atoms with Crippen LogP contribution in [-0.4, -0.2) is 24.2 Å². The lowest BCUT2D eigenvalue weighted by molar-refractivity contribution is -0.208. The third-order valence-corrected chi connectivity index (χ3v) is 3.77. The van der Waals surface area contributed by atoms with Gasteiger partial charge in [0.1, 0.15) is 0 Å². The van der Waals surface area contributed by atoms with Crippen molar-refractivity contribution in [2.75, 3.05) is 13.2 Å². The molecule has 0 amide bonds. The Morgan fingerprint density at radius 1 is 1.05 bits per heavy atom. The van der Waals surface area contributed by atoms with Crippen molar-refractivity contribution in [1.29, 1.82) is 0 Å². The molecule has 3 rings (SSSR count). The molecule has 0 unspecified atom stereocenters. The molecular weight excluding hydrogens is 264 g/mol. The zero-order valence-corrected chi connectivity index (χ0v) is 11.9. The first-order valence-electron chi connectivity index (χ1n) is 7.26. The van der Waals surface area contributed by atoms with E-state index in [-0.39, 0.29) is 18.2 Å². The van der Waals surface area contributed by atoms with Gasteiger partial charge >= 0.3 is 0 Å². The highest BCUT2D eigenvalue weighted by atomic mass is 16.7. The molecule has 1 aromatic carbocycles. The predicted octanol–water partition coefficient (Wildman–Crippen LogP) is 2.31. The number of aromatic nitrogens is 1. The van der Waals surface area contributed by atoms with E-state index in [0.717, 1.165) is 17.7 Å². The molecular formula is C17H20N2O2. The van der Waals surface area contributed by atoms with Crippen LogP contribution >= 0.6 is 0 Å². The lowest BCUT2D eigenvalue weighted by atomic mass is 9.97. The summed E-state index contributed by atoms with van der Waals surface area (Å²) < 4.78 is 11.6. The van der Waals surface area contributed by atoms with Gasteiger partial charge in [0, 0.05) is 35.8 Å². The van der Waals surface area contributed by atoms with Crippen molar-refractivity contribution in [3.63, 3.8) is 0 Å². The van der Waals surface area contributed by atoms with Crippen molar-refractivity contribution in [2.45, 2.75) is 18.8 Å². The smallest absolute Gasteiger partial charge is 0.183 e. The van der Waals surface area contributed by atoms with Gasteiger partial charge in [-0.3, -0.25) is 4.98 Å². The van der Waals surface area contributed by atoms with Gasteiger partial charge in [0.25, 0.3) is 0 Å². The van der Waals surface area contributed by atoms with Crippen LogP contribution in [0, 0.1) is 5.92 Å². The van der Waals surface area contributed by atoms with Crippen molar-refractivity contribution in [3.05, 3.63) is 66.0 Å². The molecule has 1 aromatic heterocycles. The van der Waals surface area contributed by atoms with E-state index in [0.29, 0.717) is 13.2 Å². The molecule has 0 bridgehead atoms. The van der Waals surface area contributed by atoms with E-state index in [1.807, 2.05) is 48.5 Å². The van der Waals surface area contributed by atoms with Gasteiger partial charge in [-0.25, -0.2) is 0 Å². The number of pyridine rings is 1. The lowest BCUT2D eigenvalue weighted by Crippen LogP contribution is -2.41. The van der Waals surface area contributed by atoms with Gasteiger partial charge in [0.15, 0.2) is 6.29 Å². The zero-order chi connectivity index (χ0) is 14.5. The van der Waals surface area contributed by atoms with Gasteiger partial charge in [0.05, 0.1) is 13.2 Å². The van der Waals surface area contributed by atoms with Crippen molar-refractivity contribution >= 4 is 0 Å². The summed E-state index contributed by atoms with van der Waals surface area (Å²) in [6, 6.07) is 15.9. The second kappa shape index (κ2) is 6.80. The maximum absolute atomic E-state index is 6.26. The maximum Gasteiger partial charge on any atom is 0.183 e. The van der Waals surface area contributed by atoms with E-state index in [4.69, 9.17) is 15.2 Å². The van der Waals surface area contributed by atoms with Crippen LogP contribution in [0.25, 0.3) is 0 Å². The first-order valence-corrected chi connectivity index (χ1v) is 7.26. The second-order valence-corrected chi connectivity index (χ2v) is 5.36. The summed E-state index contributed by atoms with van der Waals surface area (Å²) in [6.45, 7) is 1.24. The van der Waals surface area contributed by atoms with Gasteiger partial charge < -0.3 is 15.2 Å². The molecule has 2 aromatic rings. The molecule has 110 valence electrons. The molecule has 1 atom stereocenters. The number of benzene rings is 1. The minimum absolute atomic E-state index is 0.00313. The molecule has 21 heavy (non-hydrogen) atoms. The molecule has 0 radical (unpaired) electrons. The van der Waals surface area contributed by atoms with Crippen LogP contribution in [0.4, 0.5) is 0 Å². The summed E-state index contributed by atoms with van der Waals surface area (Å²) in [5, 5.41) is 0. The Hall–Kier alpha value is -1.75. The van der Waals surface area contributed by atoms with Crippen LogP contribution in [0.15, 0.2) is 54.7 Å². The third-order valence-electron chi connectivity index (χ3n) is 3.77. The molecule has 1 aliphatic rings. The molecule has 4 nitrogen and oxygen atoms in total. The zero-order valence-electron chi connectivity index (χ0n) is 11.9. The molecule has 1 saturated heterocycles. The highest BCUT2D eigenvalue weighted by molar-refractivity contribution is 5.16. The van der Waals surface area contributed by atoms with E-state index in [1.165, 1.54) is 0 Å². The monoisotopic (exact) mass is 284 g/mol. The summed E-state index contributed by atoms with van der Waals surface area (Å²) >= 11 is 0. The molecule has 2 N–H and O–H groups in total. The van der Waals surface area contributed by atoms with Gasteiger partial charge in [-0.05, 0) is 12.1 Å². The normalized spacial score (nSPS) is 23.7. The van der Waals surface area contributed by atoms with E-state index in [1.54, 1.807) is 6.20 Å². The Morgan fingerprint density at radius 2 is 1.76 bits per heavy atom. The van der Waals surface area contributed by atoms with Crippen LogP contribution in [-0.2, 0) is 15.9 Å². The van der Waals surface area contributed by atoms with Crippen LogP contribution < -0.4 is 5.73 Å². The fourth-order valence-electron chi connectivity index (χ4n) is 2.50. The van der Waals surface area contributed by atoms with Crippen molar-refractivity contribution in [2.24, 2.45) is 11.7 Å². The molecule has 0 aliphatic carbocycles. The number of ether oxygens (including phenoxy) is 2. The summed E-state index contributed by atoms with van der Waals surface area (Å²) in [4.78, 5) is 4.31. The van der Waals surface area contributed by atoms with E-state index >= 15 is 0 Å². The Kier molecular flexibility index (Phi) is 4.60. The Bertz CT molecular complexity index is 539. The topological polar surface area (TPSA) is 57.4 Å². The second-order valence-electron chi connectivity index (χ2n) is 5.36. The first kappa shape index (κ1) is 14.2. The van der Waals surface area contributed by atoms with E-state index in [9.17, 15) is 0 Å². The van der Waals surface area contributed by atoms with Crippen LogP contribution in [0.3, 0.4) is 0 Å². The highest BCUT2D eigenvalue weighted by Crippen LogP contribution is 2.26. The third kappa shape index (κ3) is 3.67. The minimum Gasteiger partial charge on any atom is -0.348 e. The SMILES string of the molecule is N[C@H](Cc1ccccn1)C1COC(c2ccccc2)OC1. The quantitative estimate of drug-likeness (QED) is 0.936. The van der Waals surface area contributed by atoms with Crippen LogP contribution in [0.2, 0.25) is 0 Å². The highest BCUT2D eigenvalue weighted by Gasteiger charge is 2.27. The number of nitrogens with two attached hydrogens (primary N) is 1. The number of hydrogen-bond donors (Lipinski definition) is 1. The maximum atomic E-state index is 6.26. The van der Waals surface area contributed by atoms with Crippen molar-refractivity contribution < 1.29 is 9.47 Å². The molecule has 1 aliphatic heterocycles. The minimum atomic E-state index is -0.274. The summed E-state index contributed by atoms with van der Waals surface area (Å²) in [7, 11) is 0. The molecule has 4 heteroatoms. The van der Waals surface area contributed by atoms with Gasteiger partial charge in [0.2, 0.25) is 0 Å². The fourth-order valence-corrected chi connectivity index (χ4v) is 2.50. The van der Waals surface area contributed by atoms with Crippen LogP contribution in [0.5, 0.6) is 0 Å². The fraction of sp³-hybridized carbons (Fsp3) is 0.353. The molecule has 1 fully saturated rings.